The van der Waals surface area contributed by atoms with Gasteiger partial charge in [0.15, 0.2) is 0 Å². The Labute approximate surface area is 203 Å². The van der Waals surface area contributed by atoms with Gasteiger partial charge in [-0.1, -0.05) is 6.92 Å². The fraction of sp³-hybridized carbons (Fsp3) is 0.654. The molecule has 4 fully saturated rings. The number of amides is 2. The minimum atomic E-state index is -4.59. The predicted molar refractivity (Wildman–Crippen MR) is 123 cm³/mol. The molecular formula is C26H31F3N4O2. The lowest BCUT2D eigenvalue weighted by molar-refractivity contribution is -0.146. The molecular weight excluding hydrogens is 457 g/mol. The fourth-order valence-electron chi connectivity index (χ4n) is 6.05. The molecule has 4 aliphatic rings. The van der Waals surface area contributed by atoms with Crippen LogP contribution in [0.15, 0.2) is 18.2 Å². The number of hydrogen-bond donors (Lipinski definition) is 0. The first-order valence-corrected chi connectivity index (χ1v) is 12.5. The molecule has 5 rings (SSSR count). The molecule has 1 unspecified atom stereocenters. The number of carbonyl (C=O) groups excluding carboxylic acids is 2. The molecule has 3 heterocycles. The molecule has 2 amide bonds. The van der Waals surface area contributed by atoms with E-state index < -0.39 is 17.8 Å². The average Bonchev–Trinajstić information content (AvgIpc) is 3.24. The van der Waals surface area contributed by atoms with E-state index in [1.807, 2.05) is 21.6 Å². The Hall–Kier alpha value is -2.76. The van der Waals surface area contributed by atoms with Gasteiger partial charge >= 0.3 is 6.18 Å². The zero-order chi connectivity index (χ0) is 25.0. The molecule has 188 valence electrons. The first-order valence-electron chi connectivity index (χ1n) is 12.5. The van der Waals surface area contributed by atoms with E-state index in [9.17, 15) is 22.8 Å². The Balaban J connectivity index is 1.34. The first-order chi connectivity index (χ1) is 16.6. The number of carbonyl (C=O) groups is 2. The zero-order valence-electron chi connectivity index (χ0n) is 20.0. The van der Waals surface area contributed by atoms with Gasteiger partial charge in [-0.3, -0.25) is 9.59 Å². The molecule has 1 atom stereocenters. The van der Waals surface area contributed by atoms with Crippen LogP contribution in [0.4, 0.5) is 18.9 Å². The summed E-state index contributed by atoms with van der Waals surface area (Å²) in [6, 6.07) is 5.07. The number of likely N-dealkylation sites (tertiary alicyclic amines) is 2. The smallest absolute Gasteiger partial charge is 0.371 e. The number of nitriles is 1. The van der Waals surface area contributed by atoms with Crippen LogP contribution in [0.25, 0.3) is 0 Å². The third kappa shape index (κ3) is 4.36. The van der Waals surface area contributed by atoms with Crippen LogP contribution >= 0.6 is 0 Å². The van der Waals surface area contributed by atoms with Crippen LogP contribution in [0.3, 0.4) is 0 Å². The Morgan fingerprint density at radius 2 is 1.71 bits per heavy atom. The number of benzene rings is 1. The highest BCUT2D eigenvalue weighted by Gasteiger charge is 2.56. The molecule has 6 nitrogen and oxygen atoms in total. The molecule has 0 aromatic heterocycles. The van der Waals surface area contributed by atoms with Crippen LogP contribution in [-0.2, 0) is 15.8 Å². The fourth-order valence-corrected chi connectivity index (χ4v) is 6.05. The summed E-state index contributed by atoms with van der Waals surface area (Å²) in [5.41, 5.74) is -1.39. The topological polar surface area (TPSA) is 67.6 Å². The van der Waals surface area contributed by atoms with Gasteiger partial charge in [0.1, 0.15) is 6.04 Å². The van der Waals surface area contributed by atoms with Crippen molar-refractivity contribution in [2.45, 2.75) is 64.1 Å². The van der Waals surface area contributed by atoms with Crippen LogP contribution in [0.5, 0.6) is 0 Å². The van der Waals surface area contributed by atoms with Crippen LogP contribution in [0.1, 0.15) is 63.0 Å². The van der Waals surface area contributed by atoms with Crippen molar-refractivity contribution in [2.24, 2.45) is 10.8 Å². The third-order valence-corrected chi connectivity index (χ3v) is 8.61. The van der Waals surface area contributed by atoms with E-state index in [4.69, 9.17) is 5.26 Å². The highest BCUT2D eigenvalue weighted by molar-refractivity contribution is 5.92. The van der Waals surface area contributed by atoms with Crippen LogP contribution in [-0.4, -0.2) is 60.4 Å². The number of alkyl halides is 3. The van der Waals surface area contributed by atoms with Crippen molar-refractivity contribution < 1.29 is 22.8 Å². The van der Waals surface area contributed by atoms with Gasteiger partial charge in [0.25, 0.3) is 0 Å². The SMILES string of the molecule is CC1(C(=O)N2CC3(CCN(c4ccc(C#N)c(C(F)(F)F)c4)CC3)CC2C(=O)N2CCCC2)CC1. The molecule has 0 N–H and O–H groups in total. The standard InChI is InChI=1S/C26H31F3N4O2/c1-24(6-7-24)23(35)33-17-25(15-21(33)22(34)32-10-2-3-11-32)8-12-31(13-9-25)19-5-4-18(16-30)20(14-19)26(27,28)29/h4-5,14,21H,2-3,6-13,15,17H2,1H3. The Bertz CT molecular complexity index is 1060. The highest BCUT2D eigenvalue weighted by Crippen LogP contribution is 2.51. The summed E-state index contributed by atoms with van der Waals surface area (Å²) in [6.45, 7) is 5.11. The summed E-state index contributed by atoms with van der Waals surface area (Å²) in [5.74, 6) is 0.137. The Morgan fingerprint density at radius 3 is 2.29 bits per heavy atom. The van der Waals surface area contributed by atoms with E-state index in [0.717, 1.165) is 44.8 Å². The van der Waals surface area contributed by atoms with Crippen molar-refractivity contribution in [3.05, 3.63) is 29.3 Å². The number of halogens is 3. The highest BCUT2D eigenvalue weighted by atomic mass is 19.4. The lowest BCUT2D eigenvalue weighted by atomic mass is 9.76. The summed E-state index contributed by atoms with van der Waals surface area (Å²) in [7, 11) is 0. The van der Waals surface area contributed by atoms with Gasteiger partial charge < -0.3 is 14.7 Å². The Kier molecular flexibility index (Phi) is 5.77. The largest absolute Gasteiger partial charge is 0.417 e. The van der Waals surface area contributed by atoms with Crippen LogP contribution in [0, 0.1) is 22.2 Å². The van der Waals surface area contributed by atoms with E-state index in [-0.39, 0.29) is 28.2 Å². The van der Waals surface area contributed by atoms with Gasteiger partial charge in [-0.2, -0.15) is 18.4 Å². The second-order valence-electron chi connectivity index (χ2n) is 11.1. The molecule has 9 heteroatoms. The second-order valence-corrected chi connectivity index (χ2v) is 11.1. The maximum Gasteiger partial charge on any atom is 0.417 e. The molecule has 1 aliphatic carbocycles. The predicted octanol–water partition coefficient (Wildman–Crippen LogP) is 4.19. The summed E-state index contributed by atoms with van der Waals surface area (Å²) in [6.07, 6.45) is 1.15. The molecule has 1 aromatic carbocycles. The molecule has 1 saturated carbocycles. The zero-order valence-corrected chi connectivity index (χ0v) is 20.0. The van der Waals surface area contributed by atoms with Crippen molar-refractivity contribution in [1.82, 2.24) is 9.80 Å². The lowest BCUT2D eigenvalue weighted by Crippen LogP contribution is -2.49. The van der Waals surface area contributed by atoms with Gasteiger partial charge in [0, 0.05) is 43.8 Å². The summed E-state index contributed by atoms with van der Waals surface area (Å²) in [4.78, 5) is 32.4. The van der Waals surface area contributed by atoms with Gasteiger partial charge in [0.2, 0.25) is 11.8 Å². The molecule has 0 bridgehead atoms. The summed E-state index contributed by atoms with van der Waals surface area (Å²) in [5, 5.41) is 9.08. The van der Waals surface area contributed by atoms with E-state index in [0.29, 0.717) is 44.6 Å². The summed E-state index contributed by atoms with van der Waals surface area (Å²) >= 11 is 0. The molecule has 1 spiro atoms. The van der Waals surface area contributed by atoms with Crippen molar-refractivity contribution in [3.63, 3.8) is 0 Å². The number of anilines is 1. The molecule has 1 aromatic rings. The Morgan fingerprint density at radius 1 is 1.06 bits per heavy atom. The number of piperidine rings is 1. The van der Waals surface area contributed by atoms with Crippen LogP contribution < -0.4 is 4.90 Å². The van der Waals surface area contributed by atoms with Gasteiger partial charge in [0.05, 0.1) is 17.2 Å². The first kappa shape index (κ1) is 24.0. The van der Waals surface area contributed by atoms with Gasteiger partial charge in [-0.25, -0.2) is 0 Å². The number of nitrogens with zero attached hydrogens (tertiary/aromatic N) is 4. The second kappa shape index (κ2) is 8.42. The third-order valence-electron chi connectivity index (χ3n) is 8.61. The maximum atomic E-state index is 13.4. The van der Waals surface area contributed by atoms with E-state index in [1.54, 1.807) is 12.1 Å². The number of rotatable bonds is 3. The van der Waals surface area contributed by atoms with Crippen molar-refractivity contribution >= 4 is 17.5 Å². The average molecular weight is 489 g/mol. The van der Waals surface area contributed by atoms with Gasteiger partial charge in [-0.15, -0.1) is 0 Å². The monoisotopic (exact) mass is 488 g/mol. The number of hydrogen-bond acceptors (Lipinski definition) is 4. The van der Waals surface area contributed by atoms with Crippen molar-refractivity contribution in [3.8, 4) is 6.07 Å². The van der Waals surface area contributed by atoms with Gasteiger partial charge in [-0.05, 0) is 68.6 Å². The maximum absolute atomic E-state index is 13.4. The molecule has 3 aliphatic heterocycles. The molecule has 35 heavy (non-hydrogen) atoms. The van der Waals surface area contributed by atoms with E-state index in [1.165, 1.54) is 6.07 Å². The normalized spacial score (nSPS) is 25.1. The minimum Gasteiger partial charge on any atom is -0.371 e. The quantitative estimate of drug-likeness (QED) is 0.640. The molecule has 0 radical (unpaired) electrons. The van der Waals surface area contributed by atoms with Crippen molar-refractivity contribution in [2.75, 3.05) is 37.6 Å². The van der Waals surface area contributed by atoms with Crippen LogP contribution in [0.2, 0.25) is 0 Å². The summed E-state index contributed by atoms with van der Waals surface area (Å²) < 4.78 is 40.3. The minimum absolute atomic E-state index is 0.0568. The molecule has 3 saturated heterocycles. The lowest BCUT2D eigenvalue weighted by Gasteiger charge is -2.40. The van der Waals surface area contributed by atoms with E-state index in [2.05, 4.69) is 0 Å². The van der Waals surface area contributed by atoms with Crippen molar-refractivity contribution in [1.29, 1.82) is 5.26 Å². The van der Waals surface area contributed by atoms with E-state index >= 15 is 0 Å².